The second-order valence-electron chi connectivity index (χ2n) is 8.93. The van der Waals surface area contributed by atoms with Crippen LogP contribution in [0.5, 0.6) is 0 Å². The second-order valence-corrected chi connectivity index (χ2v) is 10.8. The van der Waals surface area contributed by atoms with Crippen LogP contribution in [0.25, 0.3) is 0 Å². The van der Waals surface area contributed by atoms with Gasteiger partial charge < -0.3 is 15.5 Å². The maximum atomic E-state index is 14.1. The molecule has 2 unspecified atom stereocenters. The number of nitrogens with one attached hydrogen (secondary N) is 3. The monoisotopic (exact) mass is 490 g/mol. The van der Waals surface area contributed by atoms with Crippen LogP contribution in [0.1, 0.15) is 52.8 Å². The Bertz CT molecular complexity index is 885. The molecule has 2 atom stereocenters. The predicted octanol–water partition coefficient (Wildman–Crippen LogP) is 2.66. The van der Waals surface area contributed by atoms with Gasteiger partial charge in [-0.2, -0.15) is 4.98 Å². The number of alkyl halides is 2. The van der Waals surface area contributed by atoms with Crippen LogP contribution < -0.4 is 20.3 Å². The molecular weight excluding hydrogens is 450 g/mol. The molecule has 3 aliphatic rings. The fourth-order valence-electron chi connectivity index (χ4n) is 4.59. The van der Waals surface area contributed by atoms with Gasteiger partial charge in [0.05, 0.1) is 11.4 Å². The number of halogens is 2. The van der Waals surface area contributed by atoms with E-state index < -0.39 is 22.4 Å². The van der Waals surface area contributed by atoms with Gasteiger partial charge in [-0.05, 0) is 32.1 Å². The van der Waals surface area contributed by atoms with Gasteiger partial charge in [-0.3, -0.25) is 0 Å². The van der Waals surface area contributed by atoms with E-state index in [4.69, 9.17) is 0 Å². The highest BCUT2D eigenvalue weighted by Crippen LogP contribution is 2.37. The van der Waals surface area contributed by atoms with Gasteiger partial charge in [-0.15, -0.1) is 0 Å². The molecule has 11 heteroatoms. The van der Waals surface area contributed by atoms with E-state index in [-0.39, 0.29) is 38.6 Å². The van der Waals surface area contributed by atoms with Gasteiger partial charge in [0, 0.05) is 57.2 Å². The van der Waals surface area contributed by atoms with Crippen molar-refractivity contribution in [2.45, 2.75) is 66.3 Å². The van der Waals surface area contributed by atoms with Gasteiger partial charge in [0.25, 0.3) is 5.92 Å². The molecule has 3 N–H and O–H groups in total. The molecule has 0 bridgehead atoms. The SMILES string of the molecule is C.CC.CC(C)NS(=O)(=O)CCNc1nc(N2CC3CNCC3C2)nc2c1CC(F)(F)CC2. The average molecular weight is 491 g/mol. The van der Waals surface area contributed by atoms with E-state index in [0.717, 1.165) is 26.2 Å². The van der Waals surface area contributed by atoms with E-state index in [9.17, 15) is 17.2 Å². The molecule has 0 amide bonds. The number of aryl methyl sites for hydroxylation is 1. The first-order chi connectivity index (χ1) is 15.1. The first-order valence-electron chi connectivity index (χ1n) is 11.6. The van der Waals surface area contributed by atoms with E-state index in [2.05, 4.69) is 30.2 Å². The van der Waals surface area contributed by atoms with Crippen LogP contribution in [0.4, 0.5) is 20.5 Å². The number of anilines is 2. The summed E-state index contributed by atoms with van der Waals surface area (Å²) in [6, 6.07) is -0.198. The smallest absolute Gasteiger partial charge is 0.252 e. The van der Waals surface area contributed by atoms with Crippen molar-refractivity contribution in [1.29, 1.82) is 0 Å². The van der Waals surface area contributed by atoms with Gasteiger partial charge in [0.15, 0.2) is 0 Å². The molecule has 0 aromatic carbocycles. The molecule has 0 saturated carbocycles. The predicted molar refractivity (Wildman–Crippen MR) is 130 cm³/mol. The molecule has 2 fully saturated rings. The molecule has 1 aliphatic carbocycles. The number of fused-ring (bicyclic) bond motifs is 2. The van der Waals surface area contributed by atoms with Gasteiger partial charge in [-0.1, -0.05) is 21.3 Å². The zero-order valence-electron chi connectivity index (χ0n) is 19.4. The topological polar surface area (TPSA) is 99.2 Å². The Morgan fingerprint density at radius 3 is 2.42 bits per heavy atom. The first-order valence-corrected chi connectivity index (χ1v) is 13.2. The molecule has 33 heavy (non-hydrogen) atoms. The number of aromatic nitrogens is 2. The fourth-order valence-corrected chi connectivity index (χ4v) is 5.79. The molecule has 3 heterocycles. The van der Waals surface area contributed by atoms with Crippen LogP contribution in [0.3, 0.4) is 0 Å². The van der Waals surface area contributed by atoms with Crippen molar-refractivity contribution in [2.75, 3.05) is 48.7 Å². The van der Waals surface area contributed by atoms with Crippen LogP contribution in [-0.4, -0.2) is 68.8 Å². The lowest BCUT2D eigenvalue weighted by Gasteiger charge is -2.27. The molecule has 1 aromatic heterocycles. The standard InChI is InChI=1S/C19H30F2N6O2S.C2H6.CH4/c1-12(2)26-30(28,29)6-5-23-17-15-7-19(20,21)4-3-16(15)24-18(25-17)27-10-13-8-22-9-14(13)11-27;1-2;/h12-14,22,26H,3-11H2,1-2H3,(H,23,24,25);1-2H3;1H4. The quantitative estimate of drug-likeness (QED) is 0.540. The molecule has 2 saturated heterocycles. The van der Waals surface area contributed by atoms with Gasteiger partial charge in [0.1, 0.15) is 5.82 Å². The highest BCUT2D eigenvalue weighted by Gasteiger charge is 2.40. The zero-order chi connectivity index (χ0) is 23.5. The van der Waals surface area contributed by atoms with E-state index in [1.54, 1.807) is 13.8 Å². The third-order valence-corrected chi connectivity index (χ3v) is 7.57. The summed E-state index contributed by atoms with van der Waals surface area (Å²) in [5, 5.41) is 6.41. The van der Waals surface area contributed by atoms with Crippen molar-refractivity contribution in [3.8, 4) is 0 Å². The van der Waals surface area contributed by atoms with Crippen molar-refractivity contribution in [3.05, 3.63) is 11.3 Å². The van der Waals surface area contributed by atoms with Crippen molar-refractivity contribution < 1.29 is 17.2 Å². The summed E-state index contributed by atoms with van der Waals surface area (Å²) < 4.78 is 54.8. The summed E-state index contributed by atoms with van der Waals surface area (Å²) in [6.07, 6.45) is -0.448. The number of sulfonamides is 1. The van der Waals surface area contributed by atoms with Crippen LogP contribution in [0.2, 0.25) is 0 Å². The normalized spacial score (nSPS) is 23.3. The Morgan fingerprint density at radius 2 is 1.82 bits per heavy atom. The fraction of sp³-hybridized carbons (Fsp3) is 0.818. The summed E-state index contributed by atoms with van der Waals surface area (Å²) in [7, 11) is -3.45. The van der Waals surface area contributed by atoms with Gasteiger partial charge in [-0.25, -0.2) is 26.9 Å². The molecule has 2 aliphatic heterocycles. The molecule has 0 spiro atoms. The Kier molecular flexibility index (Phi) is 9.41. The Labute approximate surface area is 197 Å². The lowest BCUT2D eigenvalue weighted by Crippen LogP contribution is -2.35. The molecule has 8 nitrogen and oxygen atoms in total. The van der Waals surface area contributed by atoms with E-state index in [1.165, 1.54) is 0 Å². The van der Waals surface area contributed by atoms with Crippen LogP contribution in [0.15, 0.2) is 0 Å². The maximum absolute atomic E-state index is 14.1. The summed E-state index contributed by atoms with van der Waals surface area (Å²) in [6.45, 7) is 11.2. The van der Waals surface area contributed by atoms with Crippen molar-refractivity contribution in [2.24, 2.45) is 11.8 Å². The minimum atomic E-state index is -3.45. The first kappa shape index (κ1) is 27.7. The van der Waals surface area contributed by atoms with Gasteiger partial charge in [0.2, 0.25) is 16.0 Å². The number of nitrogens with zero attached hydrogens (tertiary/aromatic N) is 3. The van der Waals surface area contributed by atoms with Crippen LogP contribution in [0, 0.1) is 11.8 Å². The van der Waals surface area contributed by atoms with Crippen molar-refractivity contribution >= 4 is 21.8 Å². The second kappa shape index (κ2) is 11.2. The minimum absolute atomic E-state index is 0. The van der Waals surface area contributed by atoms with Crippen LogP contribution in [-0.2, 0) is 22.9 Å². The van der Waals surface area contributed by atoms with E-state index in [1.807, 2.05) is 13.8 Å². The molecule has 190 valence electrons. The molecule has 0 radical (unpaired) electrons. The molecular formula is C22H40F2N6O2S. The minimum Gasteiger partial charge on any atom is -0.369 e. The van der Waals surface area contributed by atoms with E-state index in [0.29, 0.717) is 34.9 Å². The molecule has 1 aromatic rings. The third-order valence-electron chi connectivity index (χ3n) is 5.99. The summed E-state index contributed by atoms with van der Waals surface area (Å²) in [4.78, 5) is 11.3. The highest BCUT2D eigenvalue weighted by atomic mass is 32.2. The van der Waals surface area contributed by atoms with Gasteiger partial charge >= 0.3 is 0 Å². The zero-order valence-corrected chi connectivity index (χ0v) is 20.2. The lowest BCUT2D eigenvalue weighted by molar-refractivity contribution is -0.0127. The maximum Gasteiger partial charge on any atom is 0.252 e. The van der Waals surface area contributed by atoms with Crippen molar-refractivity contribution in [1.82, 2.24) is 20.0 Å². The highest BCUT2D eigenvalue weighted by molar-refractivity contribution is 7.89. The van der Waals surface area contributed by atoms with E-state index >= 15 is 0 Å². The molecule has 4 rings (SSSR count). The Hall–Kier alpha value is -1.59. The summed E-state index contributed by atoms with van der Waals surface area (Å²) in [5.74, 6) is -0.955. The Morgan fingerprint density at radius 1 is 1.18 bits per heavy atom. The number of hydrogen-bond acceptors (Lipinski definition) is 7. The number of rotatable bonds is 7. The third kappa shape index (κ3) is 6.95. The van der Waals surface area contributed by atoms with Crippen LogP contribution >= 0.6 is 0 Å². The lowest BCUT2D eigenvalue weighted by atomic mass is 9.93. The van der Waals surface area contributed by atoms with Crippen molar-refractivity contribution in [3.63, 3.8) is 0 Å². The largest absolute Gasteiger partial charge is 0.369 e. The number of hydrogen-bond donors (Lipinski definition) is 3. The summed E-state index contributed by atoms with van der Waals surface area (Å²) >= 11 is 0. The summed E-state index contributed by atoms with van der Waals surface area (Å²) in [5.41, 5.74) is 1.05. The average Bonchev–Trinajstić information content (AvgIpc) is 3.30. The Balaban J connectivity index is 0.00000125.